The van der Waals surface area contributed by atoms with Gasteiger partial charge in [-0.25, -0.2) is 4.98 Å². The summed E-state index contributed by atoms with van der Waals surface area (Å²) in [5.41, 5.74) is 0.767. The molecule has 0 unspecified atom stereocenters. The Balaban J connectivity index is 1.89. The molecule has 1 aromatic rings. The van der Waals surface area contributed by atoms with Crippen LogP contribution in [0.2, 0.25) is 0 Å². The fourth-order valence-corrected chi connectivity index (χ4v) is 2.50. The SMILES string of the molecule is Cc1nc(/C=C\C(=O)N[C@H]2CCCCNC2=O)cs1. The lowest BCUT2D eigenvalue weighted by Gasteiger charge is -2.13. The monoisotopic (exact) mass is 279 g/mol. The average molecular weight is 279 g/mol. The first-order valence-corrected chi connectivity index (χ1v) is 7.21. The van der Waals surface area contributed by atoms with Gasteiger partial charge in [0, 0.05) is 18.0 Å². The van der Waals surface area contributed by atoms with Gasteiger partial charge >= 0.3 is 0 Å². The number of nitrogens with zero attached hydrogens (tertiary/aromatic N) is 1. The van der Waals surface area contributed by atoms with Crippen LogP contribution in [0.25, 0.3) is 6.08 Å². The van der Waals surface area contributed by atoms with Crippen molar-refractivity contribution in [3.63, 3.8) is 0 Å². The molecule has 0 aliphatic carbocycles. The van der Waals surface area contributed by atoms with Crippen molar-refractivity contribution >= 4 is 29.2 Å². The van der Waals surface area contributed by atoms with Gasteiger partial charge in [-0.2, -0.15) is 0 Å². The van der Waals surface area contributed by atoms with Crippen molar-refractivity contribution in [3.8, 4) is 0 Å². The van der Waals surface area contributed by atoms with Crippen molar-refractivity contribution in [2.24, 2.45) is 0 Å². The van der Waals surface area contributed by atoms with E-state index in [4.69, 9.17) is 0 Å². The van der Waals surface area contributed by atoms with Crippen LogP contribution in [0.15, 0.2) is 11.5 Å². The fourth-order valence-electron chi connectivity index (χ4n) is 1.91. The van der Waals surface area contributed by atoms with E-state index in [1.54, 1.807) is 6.08 Å². The molecule has 2 amide bonds. The second-order valence-corrected chi connectivity index (χ2v) is 5.53. The molecular formula is C13H17N3O2S. The van der Waals surface area contributed by atoms with E-state index in [-0.39, 0.29) is 11.8 Å². The van der Waals surface area contributed by atoms with Crippen LogP contribution in [0, 0.1) is 6.92 Å². The van der Waals surface area contributed by atoms with Gasteiger partial charge in [0.25, 0.3) is 0 Å². The van der Waals surface area contributed by atoms with Crippen LogP contribution in [0.5, 0.6) is 0 Å². The Labute approximate surface area is 116 Å². The number of rotatable bonds is 3. The lowest BCUT2D eigenvalue weighted by Crippen LogP contribution is -2.44. The van der Waals surface area contributed by atoms with Gasteiger partial charge in [0.15, 0.2) is 0 Å². The standard InChI is InChI=1S/C13H17N3O2S/c1-9-15-10(8-19-9)5-6-12(17)16-11-4-2-3-7-14-13(11)18/h5-6,8,11H,2-4,7H2,1H3,(H,14,18)(H,16,17)/b6-5-/t11-/m0/s1. The normalized spacial score (nSPS) is 20.1. The van der Waals surface area contributed by atoms with Crippen LogP contribution >= 0.6 is 11.3 Å². The molecule has 2 N–H and O–H groups in total. The molecule has 0 radical (unpaired) electrons. The zero-order valence-corrected chi connectivity index (χ0v) is 11.6. The number of hydrogen-bond acceptors (Lipinski definition) is 4. The minimum absolute atomic E-state index is 0.0937. The van der Waals surface area contributed by atoms with E-state index in [0.717, 1.165) is 23.5 Å². The summed E-state index contributed by atoms with van der Waals surface area (Å²) >= 11 is 1.54. The number of hydrogen-bond donors (Lipinski definition) is 2. The quantitative estimate of drug-likeness (QED) is 0.818. The molecule has 0 saturated carbocycles. The number of thiazole rings is 1. The number of carbonyl (C=O) groups excluding carboxylic acids is 2. The molecule has 1 aliphatic rings. The van der Waals surface area contributed by atoms with E-state index in [0.29, 0.717) is 13.0 Å². The Kier molecular flexibility index (Phi) is 4.68. The third-order valence-corrected chi connectivity index (χ3v) is 3.69. The molecule has 102 valence electrons. The molecule has 5 nitrogen and oxygen atoms in total. The smallest absolute Gasteiger partial charge is 0.244 e. The second kappa shape index (κ2) is 6.47. The van der Waals surface area contributed by atoms with E-state index in [2.05, 4.69) is 15.6 Å². The predicted octanol–water partition coefficient (Wildman–Crippen LogP) is 1.25. The molecule has 2 rings (SSSR count). The van der Waals surface area contributed by atoms with Gasteiger partial charge in [0.1, 0.15) is 6.04 Å². The minimum atomic E-state index is -0.420. The van der Waals surface area contributed by atoms with Crippen LogP contribution in [0.4, 0.5) is 0 Å². The molecule has 1 aromatic heterocycles. The zero-order chi connectivity index (χ0) is 13.7. The predicted molar refractivity (Wildman–Crippen MR) is 74.7 cm³/mol. The summed E-state index contributed by atoms with van der Waals surface area (Å²) < 4.78 is 0. The van der Waals surface area contributed by atoms with Crippen LogP contribution in [-0.2, 0) is 9.59 Å². The third-order valence-electron chi connectivity index (χ3n) is 2.89. The van der Waals surface area contributed by atoms with Gasteiger partial charge in [0.2, 0.25) is 11.8 Å². The maximum absolute atomic E-state index is 11.7. The number of aryl methyl sites for hydroxylation is 1. The van der Waals surface area contributed by atoms with E-state index in [1.807, 2.05) is 12.3 Å². The summed E-state index contributed by atoms with van der Waals surface area (Å²) in [6.07, 6.45) is 5.69. The number of amides is 2. The van der Waals surface area contributed by atoms with Gasteiger partial charge in [-0.15, -0.1) is 11.3 Å². The Hall–Kier alpha value is -1.69. The lowest BCUT2D eigenvalue weighted by molar-refractivity contribution is -0.126. The summed E-state index contributed by atoms with van der Waals surface area (Å²) in [7, 11) is 0. The highest BCUT2D eigenvalue weighted by molar-refractivity contribution is 7.09. The molecule has 6 heteroatoms. The van der Waals surface area contributed by atoms with E-state index < -0.39 is 6.04 Å². The Morgan fingerprint density at radius 2 is 2.42 bits per heavy atom. The van der Waals surface area contributed by atoms with Gasteiger partial charge in [-0.05, 0) is 32.3 Å². The van der Waals surface area contributed by atoms with E-state index in [9.17, 15) is 9.59 Å². The first-order valence-electron chi connectivity index (χ1n) is 6.33. The second-order valence-electron chi connectivity index (χ2n) is 4.47. The van der Waals surface area contributed by atoms with Gasteiger partial charge in [0.05, 0.1) is 10.7 Å². The summed E-state index contributed by atoms with van der Waals surface area (Å²) in [4.78, 5) is 27.6. The highest BCUT2D eigenvalue weighted by Crippen LogP contribution is 2.09. The van der Waals surface area contributed by atoms with Crippen molar-refractivity contribution < 1.29 is 9.59 Å². The average Bonchev–Trinajstić information content (AvgIpc) is 2.69. The minimum Gasteiger partial charge on any atom is -0.354 e. The highest BCUT2D eigenvalue weighted by atomic mass is 32.1. The Bertz CT molecular complexity index is 496. The molecule has 1 saturated heterocycles. The van der Waals surface area contributed by atoms with Crippen molar-refractivity contribution in [2.75, 3.05) is 6.54 Å². The van der Waals surface area contributed by atoms with Crippen molar-refractivity contribution in [2.45, 2.75) is 32.2 Å². The molecule has 0 bridgehead atoms. The Morgan fingerprint density at radius 1 is 1.58 bits per heavy atom. The topological polar surface area (TPSA) is 71.1 Å². The molecule has 19 heavy (non-hydrogen) atoms. The Morgan fingerprint density at radius 3 is 3.16 bits per heavy atom. The van der Waals surface area contributed by atoms with Crippen molar-refractivity contribution in [1.29, 1.82) is 0 Å². The molecule has 1 fully saturated rings. The van der Waals surface area contributed by atoms with Crippen LogP contribution in [0.3, 0.4) is 0 Å². The first kappa shape index (κ1) is 13.7. The number of carbonyl (C=O) groups is 2. The highest BCUT2D eigenvalue weighted by Gasteiger charge is 2.21. The molecule has 1 atom stereocenters. The van der Waals surface area contributed by atoms with Crippen molar-refractivity contribution in [1.82, 2.24) is 15.6 Å². The van der Waals surface area contributed by atoms with Crippen molar-refractivity contribution in [3.05, 3.63) is 22.2 Å². The van der Waals surface area contributed by atoms with Gasteiger partial charge in [-0.3, -0.25) is 9.59 Å². The zero-order valence-electron chi connectivity index (χ0n) is 10.8. The molecule has 1 aliphatic heterocycles. The third kappa shape index (κ3) is 4.17. The first-order chi connectivity index (χ1) is 9.15. The molecule has 0 spiro atoms. The summed E-state index contributed by atoms with van der Waals surface area (Å²) in [6, 6.07) is -0.420. The van der Waals surface area contributed by atoms with Gasteiger partial charge in [-0.1, -0.05) is 0 Å². The summed E-state index contributed by atoms with van der Waals surface area (Å²) in [5, 5.41) is 8.36. The number of aromatic nitrogens is 1. The van der Waals surface area contributed by atoms with Crippen LogP contribution in [-0.4, -0.2) is 29.4 Å². The van der Waals surface area contributed by atoms with E-state index >= 15 is 0 Å². The van der Waals surface area contributed by atoms with Gasteiger partial charge < -0.3 is 10.6 Å². The molecule has 0 aromatic carbocycles. The number of nitrogens with one attached hydrogen (secondary N) is 2. The van der Waals surface area contributed by atoms with Crippen LogP contribution < -0.4 is 10.6 Å². The maximum atomic E-state index is 11.7. The summed E-state index contributed by atoms with van der Waals surface area (Å²) in [5.74, 6) is -0.351. The van der Waals surface area contributed by atoms with Crippen LogP contribution in [0.1, 0.15) is 30.0 Å². The lowest BCUT2D eigenvalue weighted by atomic mass is 10.1. The molecular weight excluding hydrogens is 262 g/mol. The maximum Gasteiger partial charge on any atom is 0.244 e. The largest absolute Gasteiger partial charge is 0.354 e. The summed E-state index contributed by atoms with van der Waals surface area (Å²) in [6.45, 7) is 2.61. The molecule has 2 heterocycles. The fraction of sp³-hybridized carbons (Fsp3) is 0.462. The van der Waals surface area contributed by atoms with E-state index in [1.165, 1.54) is 17.4 Å².